The van der Waals surface area contributed by atoms with Crippen molar-refractivity contribution in [1.82, 2.24) is 0 Å². The van der Waals surface area contributed by atoms with Crippen LogP contribution in [0.25, 0.3) is 0 Å². The van der Waals surface area contributed by atoms with Crippen molar-refractivity contribution >= 4 is 11.6 Å². The van der Waals surface area contributed by atoms with Crippen LogP contribution in [0.2, 0.25) is 0 Å². The fraction of sp³-hybridized carbons (Fsp3) is 0.357. The highest BCUT2D eigenvalue weighted by molar-refractivity contribution is 6.04. The number of amides is 1. The second kappa shape index (κ2) is 4.86. The largest absolute Gasteiger partial charge is 0.496 e. The molecule has 1 amide bonds. The fourth-order valence-corrected chi connectivity index (χ4v) is 2.62. The van der Waals surface area contributed by atoms with Gasteiger partial charge in [0.05, 0.1) is 18.5 Å². The van der Waals surface area contributed by atoms with E-state index in [1.54, 1.807) is 6.26 Å². The third-order valence-corrected chi connectivity index (χ3v) is 3.62. The molecule has 20 heavy (non-hydrogen) atoms. The zero-order valence-corrected chi connectivity index (χ0v) is 10.7. The lowest BCUT2D eigenvalue weighted by atomic mass is 10.1. The van der Waals surface area contributed by atoms with Gasteiger partial charge in [0.25, 0.3) is 0 Å². The topological polar surface area (TPSA) is 55.6 Å². The van der Waals surface area contributed by atoms with Crippen molar-refractivity contribution < 1.29 is 18.3 Å². The number of nitrogens with two attached hydrogens (primary N) is 1. The summed E-state index contributed by atoms with van der Waals surface area (Å²) >= 11 is 0. The molecule has 6 heteroatoms. The van der Waals surface area contributed by atoms with Gasteiger partial charge in [-0.3, -0.25) is 4.79 Å². The van der Waals surface area contributed by atoms with Crippen molar-refractivity contribution in [3.63, 3.8) is 0 Å². The predicted octanol–water partition coefficient (Wildman–Crippen LogP) is 2.00. The number of rotatable bonds is 2. The SMILES string of the molecule is NC1C(=O)N(CC2CCC=CO2)c2cc(F)cc(F)c21. The highest BCUT2D eigenvalue weighted by Crippen LogP contribution is 2.37. The van der Waals surface area contributed by atoms with E-state index in [4.69, 9.17) is 10.5 Å². The van der Waals surface area contributed by atoms with E-state index in [-0.39, 0.29) is 23.9 Å². The van der Waals surface area contributed by atoms with Crippen LogP contribution in [0.4, 0.5) is 14.5 Å². The second-order valence-electron chi connectivity index (χ2n) is 4.95. The summed E-state index contributed by atoms with van der Waals surface area (Å²) in [5.74, 6) is -1.94. The van der Waals surface area contributed by atoms with E-state index >= 15 is 0 Å². The zero-order chi connectivity index (χ0) is 14.3. The molecule has 0 saturated heterocycles. The molecule has 0 aromatic heterocycles. The number of nitrogens with zero attached hydrogens (tertiary/aromatic N) is 1. The minimum atomic E-state index is -1.08. The average molecular weight is 280 g/mol. The van der Waals surface area contributed by atoms with Crippen molar-refractivity contribution in [3.8, 4) is 0 Å². The van der Waals surface area contributed by atoms with Crippen LogP contribution in [0.1, 0.15) is 24.4 Å². The highest BCUT2D eigenvalue weighted by Gasteiger charge is 2.39. The van der Waals surface area contributed by atoms with Crippen molar-refractivity contribution in [3.05, 3.63) is 41.7 Å². The number of ether oxygens (including phenoxy) is 1. The maximum absolute atomic E-state index is 13.8. The van der Waals surface area contributed by atoms with Gasteiger partial charge < -0.3 is 15.4 Å². The van der Waals surface area contributed by atoms with Crippen LogP contribution >= 0.6 is 0 Å². The van der Waals surface area contributed by atoms with Crippen LogP contribution in [0.3, 0.4) is 0 Å². The maximum atomic E-state index is 13.8. The monoisotopic (exact) mass is 280 g/mol. The Morgan fingerprint density at radius 1 is 1.40 bits per heavy atom. The smallest absolute Gasteiger partial charge is 0.248 e. The van der Waals surface area contributed by atoms with Crippen molar-refractivity contribution in [2.45, 2.75) is 25.0 Å². The quantitative estimate of drug-likeness (QED) is 0.901. The predicted molar refractivity (Wildman–Crippen MR) is 68.9 cm³/mol. The fourth-order valence-electron chi connectivity index (χ4n) is 2.62. The number of carbonyl (C=O) groups is 1. The Morgan fingerprint density at radius 3 is 2.90 bits per heavy atom. The number of allylic oxidation sites excluding steroid dienone is 1. The molecule has 0 aliphatic carbocycles. The summed E-state index contributed by atoms with van der Waals surface area (Å²) in [6.45, 7) is 0.243. The summed E-state index contributed by atoms with van der Waals surface area (Å²) in [7, 11) is 0. The zero-order valence-electron chi connectivity index (χ0n) is 10.7. The minimum absolute atomic E-state index is 0.0581. The molecule has 2 unspecified atom stereocenters. The van der Waals surface area contributed by atoms with Crippen molar-refractivity contribution in [2.24, 2.45) is 5.73 Å². The standard InChI is InChI=1S/C14H14F2N2O2/c15-8-5-10(16)12-11(6-8)18(14(19)13(12)17)7-9-3-1-2-4-20-9/h2,4-6,9,13H,1,3,7,17H2. The number of carbonyl (C=O) groups excluding carboxylic acids is 1. The summed E-state index contributed by atoms with van der Waals surface area (Å²) in [4.78, 5) is 13.5. The van der Waals surface area contributed by atoms with Gasteiger partial charge in [-0.05, 0) is 25.0 Å². The highest BCUT2D eigenvalue weighted by atomic mass is 19.1. The first-order valence-electron chi connectivity index (χ1n) is 6.44. The van der Waals surface area contributed by atoms with Crippen LogP contribution in [-0.4, -0.2) is 18.6 Å². The Labute approximate surface area is 114 Å². The first kappa shape index (κ1) is 13.1. The molecular formula is C14H14F2N2O2. The lowest BCUT2D eigenvalue weighted by Crippen LogP contribution is -2.38. The normalized spacial score (nSPS) is 24.8. The minimum Gasteiger partial charge on any atom is -0.496 e. The molecule has 0 saturated carbocycles. The van der Waals surface area contributed by atoms with Gasteiger partial charge in [-0.1, -0.05) is 0 Å². The Morgan fingerprint density at radius 2 is 2.20 bits per heavy atom. The summed E-state index contributed by atoms with van der Waals surface area (Å²) in [6.07, 6.45) is 4.89. The van der Waals surface area contributed by atoms with Crippen LogP contribution in [0, 0.1) is 11.6 Å². The molecule has 106 valence electrons. The van der Waals surface area contributed by atoms with Crippen LogP contribution in [0.5, 0.6) is 0 Å². The van der Waals surface area contributed by atoms with Gasteiger partial charge >= 0.3 is 0 Å². The molecule has 1 aromatic carbocycles. The van der Waals surface area contributed by atoms with Gasteiger partial charge in [-0.2, -0.15) is 0 Å². The van der Waals surface area contributed by atoms with E-state index in [2.05, 4.69) is 0 Å². The van der Waals surface area contributed by atoms with E-state index in [1.165, 1.54) is 4.90 Å². The maximum Gasteiger partial charge on any atom is 0.248 e. The molecule has 0 bridgehead atoms. The molecule has 2 N–H and O–H groups in total. The molecule has 1 aromatic rings. The number of benzene rings is 1. The Bertz CT molecular complexity index is 589. The van der Waals surface area contributed by atoms with Gasteiger partial charge in [0.15, 0.2) is 0 Å². The number of halogens is 2. The Kier molecular flexibility index (Phi) is 3.17. The summed E-state index contributed by atoms with van der Waals surface area (Å²) < 4.78 is 32.5. The third-order valence-electron chi connectivity index (χ3n) is 3.62. The van der Waals surface area contributed by atoms with E-state index in [0.29, 0.717) is 0 Å². The average Bonchev–Trinajstić information content (AvgIpc) is 2.65. The molecule has 4 nitrogen and oxygen atoms in total. The molecular weight excluding hydrogens is 266 g/mol. The molecule has 2 atom stereocenters. The van der Waals surface area contributed by atoms with E-state index in [1.807, 2.05) is 6.08 Å². The van der Waals surface area contributed by atoms with E-state index in [9.17, 15) is 13.6 Å². The lowest BCUT2D eigenvalue weighted by Gasteiger charge is -2.25. The van der Waals surface area contributed by atoms with E-state index < -0.39 is 23.6 Å². The molecule has 0 radical (unpaired) electrons. The third kappa shape index (κ3) is 2.06. The van der Waals surface area contributed by atoms with Crippen LogP contribution in [-0.2, 0) is 9.53 Å². The number of hydrogen-bond acceptors (Lipinski definition) is 3. The molecule has 2 heterocycles. The molecule has 0 fully saturated rings. The first-order valence-corrected chi connectivity index (χ1v) is 6.44. The number of hydrogen-bond donors (Lipinski definition) is 1. The van der Waals surface area contributed by atoms with Gasteiger partial charge in [0.2, 0.25) is 5.91 Å². The first-order chi connectivity index (χ1) is 9.58. The van der Waals surface area contributed by atoms with Crippen LogP contribution < -0.4 is 10.6 Å². The summed E-state index contributed by atoms with van der Waals surface area (Å²) in [6, 6.07) is 0.807. The Balaban J connectivity index is 1.93. The van der Waals surface area contributed by atoms with Crippen LogP contribution in [0.15, 0.2) is 24.5 Å². The molecule has 3 rings (SSSR count). The summed E-state index contributed by atoms with van der Waals surface area (Å²) in [5.41, 5.74) is 5.99. The van der Waals surface area contributed by atoms with Crippen molar-refractivity contribution in [1.29, 1.82) is 0 Å². The molecule has 2 aliphatic rings. The number of fused-ring (bicyclic) bond motifs is 1. The van der Waals surface area contributed by atoms with Gasteiger partial charge in [-0.25, -0.2) is 8.78 Å². The van der Waals surface area contributed by atoms with Crippen molar-refractivity contribution in [2.75, 3.05) is 11.4 Å². The van der Waals surface area contributed by atoms with E-state index in [0.717, 1.165) is 25.0 Å². The van der Waals surface area contributed by atoms with Gasteiger partial charge in [0.1, 0.15) is 23.8 Å². The number of anilines is 1. The molecule has 0 spiro atoms. The Hall–Kier alpha value is -1.95. The summed E-state index contributed by atoms with van der Waals surface area (Å²) in [5, 5.41) is 0. The van der Waals surface area contributed by atoms with Gasteiger partial charge in [-0.15, -0.1) is 0 Å². The molecule has 2 aliphatic heterocycles. The van der Waals surface area contributed by atoms with Gasteiger partial charge in [0, 0.05) is 11.6 Å². The lowest BCUT2D eigenvalue weighted by molar-refractivity contribution is -0.119. The second-order valence-corrected chi connectivity index (χ2v) is 4.95.